The molecule has 1 aliphatic heterocycles. The van der Waals surface area contributed by atoms with Crippen LogP contribution in [0.4, 0.5) is 0 Å². The number of hydrogen-bond donors (Lipinski definition) is 0. The van der Waals surface area contributed by atoms with Crippen molar-refractivity contribution in [2.45, 2.75) is 49.8 Å². The largest absolute Gasteiger partial charge is 0.376 e. The van der Waals surface area contributed by atoms with Crippen molar-refractivity contribution in [2.75, 3.05) is 19.8 Å². The third-order valence-corrected chi connectivity index (χ3v) is 7.72. The molecular weight excluding hydrogens is 446 g/mol. The molecule has 1 saturated heterocycles. The summed E-state index contributed by atoms with van der Waals surface area (Å²) < 4.78 is 41.0. The SMILES string of the molecule is CC(C)(C)O[C@@H]1C[C@@H](COC/C=C/c2ccccc2)N(S(=O)(=O)c2ccc3ccccc3c2)C1. The average molecular weight is 480 g/mol. The van der Waals surface area contributed by atoms with E-state index >= 15 is 0 Å². The van der Waals surface area contributed by atoms with Crippen molar-refractivity contribution in [1.29, 1.82) is 0 Å². The maximum Gasteiger partial charge on any atom is 0.243 e. The van der Waals surface area contributed by atoms with Crippen molar-refractivity contribution >= 4 is 26.9 Å². The first-order valence-electron chi connectivity index (χ1n) is 11.7. The Morgan fingerprint density at radius 2 is 1.68 bits per heavy atom. The molecule has 4 rings (SSSR count). The van der Waals surface area contributed by atoms with Crippen LogP contribution in [0.15, 0.2) is 83.8 Å². The fourth-order valence-corrected chi connectivity index (χ4v) is 6.05. The highest BCUT2D eigenvalue weighted by Crippen LogP contribution is 2.31. The van der Waals surface area contributed by atoms with Gasteiger partial charge in [0.15, 0.2) is 0 Å². The summed E-state index contributed by atoms with van der Waals surface area (Å²) in [6.07, 6.45) is 4.38. The lowest BCUT2D eigenvalue weighted by molar-refractivity contribution is -0.0529. The van der Waals surface area contributed by atoms with E-state index in [1.807, 2.05) is 93.6 Å². The molecule has 0 spiro atoms. The van der Waals surface area contributed by atoms with Crippen molar-refractivity contribution in [2.24, 2.45) is 0 Å². The molecule has 3 aromatic carbocycles. The number of benzene rings is 3. The van der Waals surface area contributed by atoms with Crippen LogP contribution in [0.2, 0.25) is 0 Å². The summed E-state index contributed by atoms with van der Waals surface area (Å²) in [4.78, 5) is 0.302. The van der Waals surface area contributed by atoms with Gasteiger partial charge >= 0.3 is 0 Å². The Kier molecular flexibility index (Phi) is 7.53. The summed E-state index contributed by atoms with van der Waals surface area (Å²) in [6, 6.07) is 22.8. The topological polar surface area (TPSA) is 55.8 Å². The predicted molar refractivity (Wildman–Crippen MR) is 137 cm³/mol. The van der Waals surface area contributed by atoms with Gasteiger partial charge in [-0.05, 0) is 55.7 Å². The van der Waals surface area contributed by atoms with Crippen LogP contribution in [0.5, 0.6) is 0 Å². The summed E-state index contributed by atoms with van der Waals surface area (Å²) in [5.41, 5.74) is 0.753. The van der Waals surface area contributed by atoms with Gasteiger partial charge in [-0.2, -0.15) is 4.31 Å². The normalized spacial score (nSPS) is 19.9. The van der Waals surface area contributed by atoms with E-state index in [9.17, 15) is 8.42 Å². The lowest BCUT2D eigenvalue weighted by Gasteiger charge is -2.25. The van der Waals surface area contributed by atoms with Gasteiger partial charge in [-0.15, -0.1) is 0 Å². The Morgan fingerprint density at radius 1 is 0.971 bits per heavy atom. The maximum absolute atomic E-state index is 13.7. The summed E-state index contributed by atoms with van der Waals surface area (Å²) >= 11 is 0. The molecule has 1 aliphatic rings. The molecule has 34 heavy (non-hydrogen) atoms. The molecule has 0 N–H and O–H groups in total. The summed E-state index contributed by atoms with van der Waals surface area (Å²) in [6.45, 7) is 7.03. The fraction of sp³-hybridized carbons (Fsp3) is 0.357. The van der Waals surface area contributed by atoms with Crippen LogP contribution >= 0.6 is 0 Å². The Labute approximate surface area is 203 Å². The zero-order chi connectivity index (χ0) is 24.2. The van der Waals surface area contributed by atoms with E-state index in [0.29, 0.717) is 31.1 Å². The van der Waals surface area contributed by atoms with Gasteiger partial charge in [0, 0.05) is 6.54 Å². The van der Waals surface area contributed by atoms with Crippen LogP contribution in [0.25, 0.3) is 16.8 Å². The fourth-order valence-electron chi connectivity index (χ4n) is 4.36. The quantitative estimate of drug-likeness (QED) is 0.400. The third kappa shape index (κ3) is 6.13. The standard InChI is InChI=1S/C28H33NO4S/c1-28(2,3)33-26-19-25(21-32-17-9-12-22-10-5-4-6-11-22)29(20-26)34(30,31)27-16-15-23-13-7-8-14-24(23)18-27/h4-16,18,25-26H,17,19-21H2,1-3H3/b12-9+/t25-,26+/m0/s1. The molecule has 3 aromatic rings. The second-order valence-corrected chi connectivity index (χ2v) is 11.6. The number of nitrogens with zero attached hydrogens (tertiary/aromatic N) is 1. The highest BCUT2D eigenvalue weighted by atomic mass is 32.2. The van der Waals surface area contributed by atoms with E-state index < -0.39 is 10.0 Å². The van der Waals surface area contributed by atoms with E-state index in [1.165, 1.54) is 0 Å². The van der Waals surface area contributed by atoms with E-state index in [0.717, 1.165) is 16.3 Å². The van der Waals surface area contributed by atoms with Gasteiger partial charge in [-0.3, -0.25) is 0 Å². The molecule has 0 unspecified atom stereocenters. The molecule has 5 nitrogen and oxygen atoms in total. The number of hydrogen-bond acceptors (Lipinski definition) is 4. The summed E-state index contributed by atoms with van der Waals surface area (Å²) in [5, 5.41) is 1.92. The molecular formula is C28H33NO4S. The molecule has 0 saturated carbocycles. The number of ether oxygens (including phenoxy) is 2. The first-order chi connectivity index (χ1) is 16.2. The highest BCUT2D eigenvalue weighted by molar-refractivity contribution is 7.89. The lowest BCUT2D eigenvalue weighted by Crippen LogP contribution is -2.39. The predicted octanol–water partition coefficient (Wildman–Crippen LogP) is 5.52. The zero-order valence-corrected chi connectivity index (χ0v) is 20.9. The molecule has 180 valence electrons. The van der Waals surface area contributed by atoms with Crippen LogP contribution in [0, 0.1) is 0 Å². The van der Waals surface area contributed by atoms with Crippen LogP contribution in [0.3, 0.4) is 0 Å². The Morgan fingerprint density at radius 3 is 2.41 bits per heavy atom. The number of sulfonamides is 1. The Hall–Kier alpha value is -2.51. The minimum absolute atomic E-state index is 0.177. The minimum atomic E-state index is -3.70. The number of fused-ring (bicyclic) bond motifs is 1. The van der Waals surface area contributed by atoms with Gasteiger partial charge < -0.3 is 9.47 Å². The molecule has 1 fully saturated rings. The molecule has 0 aromatic heterocycles. The number of rotatable bonds is 8. The van der Waals surface area contributed by atoms with Crippen molar-refractivity contribution in [1.82, 2.24) is 4.31 Å². The first kappa shape index (κ1) is 24.6. The molecule has 0 bridgehead atoms. The van der Waals surface area contributed by atoms with E-state index in [-0.39, 0.29) is 17.7 Å². The molecule has 1 heterocycles. The van der Waals surface area contributed by atoms with Crippen LogP contribution in [-0.2, 0) is 19.5 Å². The van der Waals surface area contributed by atoms with E-state index in [4.69, 9.17) is 9.47 Å². The van der Waals surface area contributed by atoms with Crippen molar-refractivity contribution in [3.8, 4) is 0 Å². The monoisotopic (exact) mass is 479 g/mol. The Balaban J connectivity index is 1.49. The van der Waals surface area contributed by atoms with E-state index in [1.54, 1.807) is 16.4 Å². The van der Waals surface area contributed by atoms with Gasteiger partial charge in [-0.25, -0.2) is 8.42 Å². The summed E-state index contributed by atoms with van der Waals surface area (Å²) in [5.74, 6) is 0. The first-order valence-corrected chi connectivity index (χ1v) is 13.1. The third-order valence-electron chi connectivity index (χ3n) is 5.81. The van der Waals surface area contributed by atoms with Gasteiger partial charge in [0.2, 0.25) is 10.0 Å². The van der Waals surface area contributed by atoms with Crippen LogP contribution in [0.1, 0.15) is 32.8 Å². The van der Waals surface area contributed by atoms with E-state index in [2.05, 4.69) is 0 Å². The smallest absolute Gasteiger partial charge is 0.243 e. The van der Waals surface area contributed by atoms with Crippen molar-refractivity contribution in [3.05, 3.63) is 84.4 Å². The van der Waals surface area contributed by atoms with Gasteiger partial charge in [0.1, 0.15) is 0 Å². The maximum atomic E-state index is 13.7. The molecule has 6 heteroatoms. The van der Waals surface area contributed by atoms with Gasteiger partial charge in [0.05, 0.1) is 35.9 Å². The van der Waals surface area contributed by atoms with Crippen LogP contribution in [-0.4, -0.2) is 50.2 Å². The molecule has 0 radical (unpaired) electrons. The average Bonchev–Trinajstić information content (AvgIpc) is 3.21. The van der Waals surface area contributed by atoms with Crippen molar-refractivity contribution < 1.29 is 17.9 Å². The van der Waals surface area contributed by atoms with Crippen LogP contribution < -0.4 is 0 Å². The zero-order valence-electron chi connectivity index (χ0n) is 20.1. The summed E-state index contributed by atoms with van der Waals surface area (Å²) in [7, 11) is -3.70. The molecule has 0 amide bonds. The van der Waals surface area contributed by atoms with Gasteiger partial charge in [0.25, 0.3) is 0 Å². The Bertz CT molecular complexity index is 1230. The molecule has 0 aliphatic carbocycles. The highest BCUT2D eigenvalue weighted by Gasteiger charge is 2.42. The minimum Gasteiger partial charge on any atom is -0.376 e. The second-order valence-electron chi connectivity index (χ2n) is 9.68. The molecule has 2 atom stereocenters. The second kappa shape index (κ2) is 10.4. The van der Waals surface area contributed by atoms with Crippen molar-refractivity contribution in [3.63, 3.8) is 0 Å². The van der Waals surface area contributed by atoms with Gasteiger partial charge in [-0.1, -0.05) is 72.8 Å². The lowest BCUT2D eigenvalue weighted by atomic mass is 10.1.